The van der Waals surface area contributed by atoms with Gasteiger partial charge in [0.25, 0.3) is 0 Å². The summed E-state index contributed by atoms with van der Waals surface area (Å²) >= 11 is 0. The molecule has 5 N–H and O–H groups in total. The summed E-state index contributed by atoms with van der Waals surface area (Å²) in [6, 6.07) is -0.852. The number of hydrogen-bond donors (Lipinski definition) is 5. The van der Waals surface area contributed by atoms with Crippen LogP contribution in [-0.2, 0) is 9.59 Å². The number of carboxylic acid groups (broad SMARTS) is 1. The molecule has 0 bridgehead atoms. The maximum absolute atomic E-state index is 11.9. The van der Waals surface area contributed by atoms with Gasteiger partial charge in [0.1, 0.15) is 6.04 Å². The van der Waals surface area contributed by atoms with Crippen molar-refractivity contribution in [2.24, 2.45) is 0 Å². The van der Waals surface area contributed by atoms with Gasteiger partial charge in [0.15, 0.2) is 0 Å². The van der Waals surface area contributed by atoms with Crippen LogP contribution in [0.1, 0.15) is 19.8 Å². The van der Waals surface area contributed by atoms with Crippen LogP contribution in [0.2, 0.25) is 0 Å². The number of nitrogens with one attached hydrogen (secondary N) is 4. The van der Waals surface area contributed by atoms with E-state index < -0.39 is 12.0 Å². The highest BCUT2D eigenvalue weighted by molar-refractivity contribution is 5.84. The standard InChI is InChI=1S/C15H31N5O3/c1-13(15(22)23)19-14(21)12-20-10-3-6-17-8-7-16-4-2-5-18-9-11-20/h13,16-18H,2-12H2,1H3,(H,19,21)(H,22,23)/t13-/m0/s1. The molecule has 1 rings (SSSR count). The normalized spacial score (nSPS) is 21.1. The average molecular weight is 329 g/mol. The Morgan fingerprint density at radius 1 is 1.00 bits per heavy atom. The van der Waals surface area contributed by atoms with Crippen LogP contribution < -0.4 is 21.3 Å². The second kappa shape index (κ2) is 12.2. The minimum Gasteiger partial charge on any atom is -0.480 e. The van der Waals surface area contributed by atoms with E-state index in [2.05, 4.69) is 26.2 Å². The minimum absolute atomic E-state index is 0.237. The van der Waals surface area contributed by atoms with Gasteiger partial charge in [0, 0.05) is 26.2 Å². The van der Waals surface area contributed by atoms with Gasteiger partial charge in [-0.25, -0.2) is 0 Å². The zero-order chi connectivity index (χ0) is 16.9. The first-order valence-corrected chi connectivity index (χ1v) is 8.46. The van der Waals surface area contributed by atoms with Crippen LogP contribution in [0.4, 0.5) is 0 Å². The lowest BCUT2D eigenvalue weighted by Gasteiger charge is -2.23. The van der Waals surface area contributed by atoms with Crippen LogP contribution in [0.25, 0.3) is 0 Å². The third-order valence-corrected chi connectivity index (χ3v) is 3.73. The number of amides is 1. The smallest absolute Gasteiger partial charge is 0.325 e. The van der Waals surface area contributed by atoms with Gasteiger partial charge >= 0.3 is 5.97 Å². The molecule has 1 saturated heterocycles. The Morgan fingerprint density at radius 3 is 2.26 bits per heavy atom. The predicted octanol–water partition coefficient (Wildman–Crippen LogP) is -1.56. The van der Waals surface area contributed by atoms with Crippen LogP contribution in [-0.4, -0.2) is 86.8 Å². The molecule has 8 nitrogen and oxygen atoms in total. The van der Waals surface area contributed by atoms with Crippen molar-refractivity contribution in [3.05, 3.63) is 0 Å². The summed E-state index contributed by atoms with van der Waals surface area (Å²) in [5.74, 6) is -1.25. The van der Waals surface area contributed by atoms with Crippen molar-refractivity contribution in [1.29, 1.82) is 0 Å². The molecule has 23 heavy (non-hydrogen) atoms. The Balaban J connectivity index is 2.38. The molecule has 0 unspecified atom stereocenters. The Hall–Kier alpha value is -1.22. The average Bonchev–Trinajstić information content (AvgIpc) is 2.50. The molecule has 1 aliphatic heterocycles. The van der Waals surface area contributed by atoms with Crippen LogP contribution in [0.5, 0.6) is 0 Å². The van der Waals surface area contributed by atoms with Crippen molar-refractivity contribution in [1.82, 2.24) is 26.2 Å². The summed E-state index contributed by atoms with van der Waals surface area (Å²) in [6.07, 6.45) is 2.04. The van der Waals surface area contributed by atoms with Crippen LogP contribution >= 0.6 is 0 Å². The third kappa shape index (κ3) is 10.2. The monoisotopic (exact) mass is 329 g/mol. The SMILES string of the molecule is C[C@H](NC(=O)CN1CCCNCCNCCCNCC1)C(=O)O. The quantitative estimate of drug-likeness (QED) is 0.425. The maximum Gasteiger partial charge on any atom is 0.325 e. The number of carbonyl (C=O) groups excluding carboxylic acids is 1. The molecule has 0 spiro atoms. The van der Waals surface area contributed by atoms with Gasteiger partial charge in [0.05, 0.1) is 6.54 Å². The van der Waals surface area contributed by atoms with Gasteiger partial charge in [-0.1, -0.05) is 0 Å². The summed E-state index contributed by atoms with van der Waals surface area (Å²) in [6.45, 7) is 8.93. The first-order valence-electron chi connectivity index (χ1n) is 8.46. The summed E-state index contributed by atoms with van der Waals surface area (Å²) in [5, 5.41) is 21.5. The second-order valence-corrected chi connectivity index (χ2v) is 5.86. The number of rotatable bonds is 4. The third-order valence-electron chi connectivity index (χ3n) is 3.73. The number of aliphatic carboxylic acids is 1. The van der Waals surface area contributed by atoms with Crippen molar-refractivity contribution >= 4 is 11.9 Å². The van der Waals surface area contributed by atoms with E-state index in [1.807, 2.05) is 0 Å². The molecular weight excluding hydrogens is 298 g/mol. The molecule has 0 aromatic heterocycles. The lowest BCUT2D eigenvalue weighted by atomic mass is 10.3. The highest BCUT2D eigenvalue weighted by Crippen LogP contribution is 1.93. The van der Waals surface area contributed by atoms with E-state index in [4.69, 9.17) is 5.11 Å². The summed E-state index contributed by atoms with van der Waals surface area (Å²) < 4.78 is 0. The molecule has 1 aliphatic rings. The first-order chi connectivity index (χ1) is 11.1. The molecular formula is C15H31N5O3. The van der Waals surface area contributed by atoms with Gasteiger partial charge in [-0.2, -0.15) is 0 Å². The van der Waals surface area contributed by atoms with E-state index >= 15 is 0 Å². The molecule has 1 fully saturated rings. The summed E-state index contributed by atoms with van der Waals surface area (Å²) in [7, 11) is 0. The molecule has 1 heterocycles. The zero-order valence-electron chi connectivity index (χ0n) is 14.1. The van der Waals surface area contributed by atoms with Gasteiger partial charge in [-0.3, -0.25) is 14.5 Å². The largest absolute Gasteiger partial charge is 0.480 e. The lowest BCUT2D eigenvalue weighted by Crippen LogP contribution is -2.46. The highest BCUT2D eigenvalue weighted by Gasteiger charge is 2.16. The van der Waals surface area contributed by atoms with Crippen molar-refractivity contribution in [3.8, 4) is 0 Å². The fourth-order valence-electron chi connectivity index (χ4n) is 2.38. The highest BCUT2D eigenvalue weighted by atomic mass is 16.4. The molecule has 0 radical (unpaired) electrons. The number of carboxylic acids is 1. The van der Waals surface area contributed by atoms with Crippen LogP contribution in [0.3, 0.4) is 0 Å². The molecule has 134 valence electrons. The molecule has 8 heteroatoms. The fraction of sp³-hybridized carbons (Fsp3) is 0.867. The van der Waals surface area contributed by atoms with Crippen molar-refractivity contribution in [3.63, 3.8) is 0 Å². The predicted molar refractivity (Wildman–Crippen MR) is 89.5 cm³/mol. The molecule has 1 amide bonds. The number of hydrogen-bond acceptors (Lipinski definition) is 6. The van der Waals surface area contributed by atoms with Gasteiger partial charge in [0.2, 0.25) is 5.91 Å². The Bertz CT molecular complexity index is 340. The van der Waals surface area contributed by atoms with Crippen molar-refractivity contribution in [2.75, 3.05) is 58.9 Å². The first kappa shape index (κ1) is 19.8. The second-order valence-electron chi connectivity index (χ2n) is 5.86. The Morgan fingerprint density at radius 2 is 1.61 bits per heavy atom. The van der Waals surface area contributed by atoms with E-state index in [9.17, 15) is 9.59 Å². The molecule has 0 saturated carbocycles. The van der Waals surface area contributed by atoms with Gasteiger partial charge in [-0.15, -0.1) is 0 Å². The Labute approximate surface area is 138 Å². The zero-order valence-corrected chi connectivity index (χ0v) is 14.1. The number of carbonyl (C=O) groups is 2. The van der Waals surface area contributed by atoms with Crippen LogP contribution in [0, 0.1) is 0 Å². The van der Waals surface area contributed by atoms with E-state index in [1.165, 1.54) is 6.92 Å². The van der Waals surface area contributed by atoms with E-state index in [-0.39, 0.29) is 12.5 Å². The molecule has 0 aromatic carbocycles. The summed E-state index contributed by atoms with van der Waals surface area (Å²) in [5.41, 5.74) is 0. The minimum atomic E-state index is -1.01. The Kier molecular flexibility index (Phi) is 10.5. The molecule has 1 atom stereocenters. The van der Waals surface area contributed by atoms with Gasteiger partial charge in [-0.05, 0) is 45.9 Å². The lowest BCUT2D eigenvalue weighted by molar-refractivity contribution is -0.141. The topological polar surface area (TPSA) is 106 Å². The molecule has 0 aromatic rings. The molecule has 0 aliphatic carbocycles. The number of nitrogens with zero attached hydrogens (tertiary/aromatic N) is 1. The fourth-order valence-corrected chi connectivity index (χ4v) is 2.38. The van der Waals surface area contributed by atoms with E-state index in [0.717, 1.165) is 65.2 Å². The van der Waals surface area contributed by atoms with Gasteiger partial charge < -0.3 is 26.4 Å². The van der Waals surface area contributed by atoms with E-state index in [0.29, 0.717) is 0 Å². The van der Waals surface area contributed by atoms with Crippen molar-refractivity contribution in [2.45, 2.75) is 25.8 Å². The van der Waals surface area contributed by atoms with Crippen molar-refractivity contribution < 1.29 is 14.7 Å². The maximum atomic E-state index is 11.9. The van der Waals surface area contributed by atoms with E-state index in [1.54, 1.807) is 0 Å². The van der Waals surface area contributed by atoms with Crippen LogP contribution in [0.15, 0.2) is 0 Å². The summed E-state index contributed by atoms with van der Waals surface area (Å²) in [4.78, 5) is 24.8.